The highest BCUT2D eigenvalue weighted by Gasteiger charge is 2.42. The monoisotopic (exact) mass is 504 g/mol. The number of hydrogen-bond donors (Lipinski definition) is 3. The van der Waals surface area contributed by atoms with E-state index >= 15 is 0 Å². The number of amides is 4. The number of rotatable bonds is 11. The number of ketones is 1. The van der Waals surface area contributed by atoms with Gasteiger partial charge in [-0.15, -0.1) is 13.2 Å². The smallest absolute Gasteiger partial charge is 0.408 e. The first-order chi connectivity index (χ1) is 17.0. The second-order valence-corrected chi connectivity index (χ2v) is 10.3. The highest BCUT2D eigenvalue weighted by atomic mass is 16.6. The zero-order valence-electron chi connectivity index (χ0n) is 21.6. The van der Waals surface area contributed by atoms with Crippen molar-refractivity contribution in [2.45, 2.75) is 89.4 Å². The molecule has 3 atom stereocenters. The van der Waals surface area contributed by atoms with Crippen LogP contribution in [0.2, 0.25) is 0 Å². The lowest BCUT2D eigenvalue weighted by Gasteiger charge is -2.32. The molecule has 1 heterocycles. The molecule has 2 aliphatic rings. The Morgan fingerprint density at radius 1 is 1.00 bits per heavy atom. The van der Waals surface area contributed by atoms with Gasteiger partial charge in [0.15, 0.2) is 0 Å². The fraction of sp³-hybridized carbons (Fsp3) is 0.654. The van der Waals surface area contributed by atoms with E-state index in [9.17, 15) is 24.0 Å². The molecule has 0 aromatic heterocycles. The largest absolute Gasteiger partial charge is 0.444 e. The van der Waals surface area contributed by atoms with Crippen molar-refractivity contribution in [3.63, 3.8) is 0 Å². The van der Waals surface area contributed by atoms with Crippen molar-refractivity contribution in [2.75, 3.05) is 13.1 Å². The molecular weight excluding hydrogens is 464 g/mol. The van der Waals surface area contributed by atoms with Gasteiger partial charge in [0, 0.05) is 13.1 Å². The third-order valence-electron chi connectivity index (χ3n) is 6.31. The van der Waals surface area contributed by atoms with E-state index in [0.29, 0.717) is 19.4 Å². The summed E-state index contributed by atoms with van der Waals surface area (Å²) in [5.74, 6) is -2.51. The molecule has 2 fully saturated rings. The molecule has 36 heavy (non-hydrogen) atoms. The number of likely N-dealkylation sites (tertiary alicyclic amines) is 1. The number of alkyl carbamates (subject to hydrolysis) is 1. The van der Waals surface area contributed by atoms with Crippen molar-refractivity contribution in [3.8, 4) is 0 Å². The molecule has 10 nitrogen and oxygen atoms in total. The number of carbonyl (C=O) groups is 5. The van der Waals surface area contributed by atoms with Crippen molar-refractivity contribution in [3.05, 3.63) is 25.3 Å². The summed E-state index contributed by atoms with van der Waals surface area (Å²) >= 11 is 0. The van der Waals surface area contributed by atoms with E-state index in [-0.39, 0.29) is 24.8 Å². The maximum atomic E-state index is 13.6. The lowest BCUT2D eigenvalue weighted by molar-refractivity contribution is -0.143. The first-order valence-corrected chi connectivity index (χ1v) is 12.6. The van der Waals surface area contributed by atoms with E-state index < -0.39 is 47.4 Å². The van der Waals surface area contributed by atoms with Gasteiger partial charge in [-0.1, -0.05) is 25.0 Å². The molecule has 3 N–H and O–H groups in total. The Balaban J connectivity index is 2.15. The third kappa shape index (κ3) is 8.20. The van der Waals surface area contributed by atoms with E-state index in [2.05, 4.69) is 29.1 Å². The minimum absolute atomic E-state index is 0.0435. The maximum absolute atomic E-state index is 13.6. The van der Waals surface area contributed by atoms with Crippen molar-refractivity contribution in [1.82, 2.24) is 20.9 Å². The summed E-state index contributed by atoms with van der Waals surface area (Å²) in [5.41, 5.74) is -0.714. The zero-order chi connectivity index (χ0) is 26.9. The predicted molar refractivity (Wildman–Crippen MR) is 135 cm³/mol. The molecular formula is C26H40N4O6. The molecule has 2 unspecified atom stereocenters. The van der Waals surface area contributed by atoms with Crippen molar-refractivity contribution in [1.29, 1.82) is 0 Å². The van der Waals surface area contributed by atoms with Crippen LogP contribution >= 0.6 is 0 Å². The number of nitrogens with one attached hydrogen (secondary N) is 3. The standard InChI is InChI=1S/C26H40N4O6/c1-6-11-18(21(31)23(33)27-15-7-2)28-22(32)19-14-10-16-30(19)24(34)20(17-12-8-9-13-17)29-25(35)36-26(3,4)5/h6-7,17-20H,1-2,8-16H2,3-5H3,(H,27,33)(H,28,32)(H,29,35)/t18?,19-,20?/m0/s1. The van der Waals surface area contributed by atoms with Gasteiger partial charge in [-0.25, -0.2) is 4.79 Å². The Kier molecular flexibility index (Phi) is 10.7. The molecule has 1 saturated carbocycles. The third-order valence-corrected chi connectivity index (χ3v) is 6.31. The quantitative estimate of drug-likeness (QED) is 0.291. The average molecular weight is 505 g/mol. The maximum Gasteiger partial charge on any atom is 0.408 e. The molecule has 2 rings (SSSR count). The van der Waals surface area contributed by atoms with Gasteiger partial charge in [0.1, 0.15) is 23.7 Å². The lowest BCUT2D eigenvalue weighted by atomic mass is 9.96. The van der Waals surface area contributed by atoms with Gasteiger partial charge >= 0.3 is 6.09 Å². The van der Waals surface area contributed by atoms with E-state index in [1.165, 1.54) is 17.1 Å². The zero-order valence-corrected chi connectivity index (χ0v) is 21.6. The summed E-state index contributed by atoms with van der Waals surface area (Å²) in [6.07, 6.45) is 6.84. The highest BCUT2D eigenvalue weighted by molar-refractivity contribution is 6.38. The predicted octanol–water partition coefficient (Wildman–Crippen LogP) is 1.99. The van der Waals surface area contributed by atoms with E-state index in [1.54, 1.807) is 20.8 Å². The molecule has 1 aliphatic heterocycles. The highest BCUT2D eigenvalue weighted by Crippen LogP contribution is 2.30. The van der Waals surface area contributed by atoms with E-state index in [0.717, 1.165) is 25.7 Å². The van der Waals surface area contributed by atoms with Gasteiger partial charge in [0.25, 0.3) is 5.91 Å². The van der Waals surface area contributed by atoms with Crippen LogP contribution in [0.5, 0.6) is 0 Å². The van der Waals surface area contributed by atoms with Gasteiger partial charge in [-0.3, -0.25) is 19.2 Å². The summed E-state index contributed by atoms with van der Waals surface area (Å²) in [5, 5.41) is 7.80. The van der Waals surface area contributed by atoms with Crippen LogP contribution in [0, 0.1) is 5.92 Å². The average Bonchev–Trinajstić information content (AvgIpc) is 3.51. The lowest BCUT2D eigenvalue weighted by Crippen LogP contribution is -2.57. The topological polar surface area (TPSA) is 134 Å². The van der Waals surface area contributed by atoms with Crippen molar-refractivity contribution in [2.24, 2.45) is 5.92 Å². The van der Waals surface area contributed by atoms with E-state index in [1.807, 2.05) is 0 Å². The summed E-state index contributed by atoms with van der Waals surface area (Å²) in [7, 11) is 0. The molecule has 10 heteroatoms. The molecule has 0 bridgehead atoms. The Hall–Kier alpha value is -3.17. The molecule has 200 valence electrons. The van der Waals surface area contributed by atoms with Crippen LogP contribution in [0.1, 0.15) is 65.7 Å². The molecule has 0 radical (unpaired) electrons. The fourth-order valence-corrected chi connectivity index (χ4v) is 4.66. The van der Waals surface area contributed by atoms with Crippen molar-refractivity contribution >= 4 is 29.6 Å². The Morgan fingerprint density at radius 3 is 2.25 bits per heavy atom. The Bertz CT molecular complexity index is 859. The fourth-order valence-electron chi connectivity index (χ4n) is 4.66. The number of nitrogens with zero attached hydrogens (tertiary/aromatic N) is 1. The number of ether oxygens (including phenoxy) is 1. The number of Topliss-reactive ketones (excluding diaryl/α,β-unsaturated/α-hetero) is 1. The van der Waals surface area contributed by atoms with Crippen LogP contribution in [-0.2, 0) is 23.9 Å². The minimum atomic E-state index is -1.09. The Morgan fingerprint density at radius 2 is 1.67 bits per heavy atom. The molecule has 0 spiro atoms. The SMILES string of the molecule is C=CCNC(=O)C(=O)C(CC=C)NC(=O)[C@@H]1CCCN1C(=O)C(NC(=O)OC(C)(C)C)C1CCCC1. The van der Waals surface area contributed by atoms with Crippen LogP contribution in [0.15, 0.2) is 25.3 Å². The summed E-state index contributed by atoms with van der Waals surface area (Å²) in [6, 6.07) is -2.70. The van der Waals surface area contributed by atoms with Crippen LogP contribution in [0.3, 0.4) is 0 Å². The molecule has 0 aromatic carbocycles. The van der Waals surface area contributed by atoms with Crippen LogP contribution < -0.4 is 16.0 Å². The second-order valence-electron chi connectivity index (χ2n) is 10.3. The number of carbonyl (C=O) groups excluding carboxylic acids is 5. The van der Waals surface area contributed by atoms with E-state index in [4.69, 9.17) is 4.74 Å². The first-order valence-electron chi connectivity index (χ1n) is 12.6. The summed E-state index contributed by atoms with van der Waals surface area (Å²) < 4.78 is 5.38. The second kappa shape index (κ2) is 13.2. The minimum Gasteiger partial charge on any atom is -0.444 e. The normalized spacial score (nSPS) is 19.6. The van der Waals surface area contributed by atoms with Gasteiger partial charge in [0.2, 0.25) is 17.6 Å². The molecule has 1 aliphatic carbocycles. The van der Waals surface area contributed by atoms with Crippen molar-refractivity contribution < 1.29 is 28.7 Å². The van der Waals surface area contributed by atoms with Gasteiger partial charge in [-0.05, 0) is 58.8 Å². The first kappa shape index (κ1) is 29.1. The molecule has 0 aromatic rings. The van der Waals surface area contributed by atoms with Crippen LogP contribution in [-0.4, -0.2) is 71.3 Å². The summed E-state index contributed by atoms with van der Waals surface area (Å²) in [6.45, 7) is 12.8. The summed E-state index contributed by atoms with van der Waals surface area (Å²) in [4.78, 5) is 65.5. The molecule has 4 amide bonds. The van der Waals surface area contributed by atoms with Gasteiger partial charge in [-0.2, -0.15) is 0 Å². The van der Waals surface area contributed by atoms with Crippen LogP contribution in [0.4, 0.5) is 4.79 Å². The number of hydrogen-bond acceptors (Lipinski definition) is 6. The Labute approximate surface area is 213 Å². The van der Waals surface area contributed by atoms with Gasteiger partial charge in [0.05, 0.1) is 0 Å². The van der Waals surface area contributed by atoms with Crippen LogP contribution in [0.25, 0.3) is 0 Å². The molecule has 1 saturated heterocycles. The van der Waals surface area contributed by atoms with Gasteiger partial charge < -0.3 is 25.6 Å².